The lowest BCUT2D eigenvalue weighted by molar-refractivity contribution is -0.140. The zero-order valence-electron chi connectivity index (χ0n) is 16.9. The molecule has 4 rings (SSSR count). The van der Waals surface area contributed by atoms with Gasteiger partial charge in [0.15, 0.2) is 0 Å². The highest BCUT2D eigenvalue weighted by molar-refractivity contribution is 6.31. The van der Waals surface area contributed by atoms with Crippen LogP contribution in [0.15, 0.2) is 48.5 Å². The predicted octanol–water partition coefficient (Wildman–Crippen LogP) is 3.01. The number of rotatable bonds is 6. The summed E-state index contributed by atoms with van der Waals surface area (Å²) in [6.07, 6.45) is 2.11. The molecule has 1 heterocycles. The fraction of sp³-hybridized carbons (Fsp3) is 0.348. The van der Waals surface area contributed by atoms with Gasteiger partial charge in [-0.15, -0.1) is 0 Å². The maximum Gasteiger partial charge on any atom is 0.248 e. The van der Waals surface area contributed by atoms with E-state index in [2.05, 4.69) is 0 Å². The Morgan fingerprint density at radius 1 is 1.10 bits per heavy atom. The van der Waals surface area contributed by atoms with E-state index in [1.54, 1.807) is 21.9 Å². The molecule has 2 aromatic carbocycles. The number of anilines is 1. The number of carbonyl (C=O) groups excluding carboxylic acids is 3. The van der Waals surface area contributed by atoms with Crippen LogP contribution in [-0.4, -0.2) is 53.3 Å². The predicted molar refractivity (Wildman–Crippen MR) is 115 cm³/mol. The van der Waals surface area contributed by atoms with Crippen molar-refractivity contribution in [2.75, 3.05) is 24.7 Å². The van der Waals surface area contributed by atoms with Crippen molar-refractivity contribution in [2.24, 2.45) is 0 Å². The van der Waals surface area contributed by atoms with Crippen molar-refractivity contribution in [2.45, 2.75) is 32.2 Å². The summed E-state index contributed by atoms with van der Waals surface area (Å²) >= 11 is 6.19. The monoisotopic (exact) mass is 425 g/mol. The second-order valence-corrected chi connectivity index (χ2v) is 8.26. The van der Waals surface area contributed by atoms with Crippen molar-refractivity contribution in [3.05, 3.63) is 64.7 Å². The van der Waals surface area contributed by atoms with Crippen molar-refractivity contribution < 1.29 is 14.4 Å². The molecule has 0 atom stereocenters. The Labute approximate surface area is 181 Å². The molecule has 30 heavy (non-hydrogen) atoms. The van der Waals surface area contributed by atoms with Crippen LogP contribution in [0, 0.1) is 6.92 Å². The maximum absolute atomic E-state index is 12.9. The van der Waals surface area contributed by atoms with Gasteiger partial charge in [0, 0.05) is 16.8 Å². The van der Waals surface area contributed by atoms with E-state index in [9.17, 15) is 14.4 Å². The van der Waals surface area contributed by atoms with Crippen molar-refractivity contribution in [3.63, 3.8) is 0 Å². The number of benzene rings is 2. The van der Waals surface area contributed by atoms with Gasteiger partial charge >= 0.3 is 0 Å². The summed E-state index contributed by atoms with van der Waals surface area (Å²) in [4.78, 5) is 43.1. The van der Waals surface area contributed by atoms with Crippen LogP contribution < -0.4 is 4.90 Å². The van der Waals surface area contributed by atoms with E-state index in [4.69, 9.17) is 11.6 Å². The SMILES string of the molecule is Cc1c(Cl)cccc1N1CN(C(=O)CN(C(=O)Cc2ccccc2)C2CC2)CC1=O. The molecule has 1 saturated heterocycles. The smallest absolute Gasteiger partial charge is 0.248 e. The lowest BCUT2D eigenvalue weighted by Gasteiger charge is -2.25. The van der Waals surface area contributed by atoms with Gasteiger partial charge in [0.1, 0.15) is 19.8 Å². The van der Waals surface area contributed by atoms with Crippen LogP contribution in [0.5, 0.6) is 0 Å². The van der Waals surface area contributed by atoms with Crippen molar-refractivity contribution in [3.8, 4) is 0 Å². The molecule has 2 fully saturated rings. The van der Waals surface area contributed by atoms with Crippen LogP contribution in [-0.2, 0) is 20.8 Å². The molecule has 2 aromatic rings. The quantitative estimate of drug-likeness (QED) is 0.714. The number of halogens is 1. The Balaban J connectivity index is 1.43. The standard InChI is InChI=1S/C23H24ClN3O3/c1-16-19(24)8-5-9-20(16)27-15-25(13-23(27)30)22(29)14-26(18-10-11-18)21(28)12-17-6-3-2-4-7-17/h2-9,18H,10-15H2,1H3. The molecular weight excluding hydrogens is 402 g/mol. The summed E-state index contributed by atoms with van der Waals surface area (Å²) in [6.45, 7) is 2.04. The highest BCUT2D eigenvalue weighted by Gasteiger charge is 2.37. The summed E-state index contributed by atoms with van der Waals surface area (Å²) in [6, 6.07) is 15.0. The van der Waals surface area contributed by atoms with Crippen LogP contribution in [0.3, 0.4) is 0 Å². The Morgan fingerprint density at radius 2 is 1.83 bits per heavy atom. The third kappa shape index (κ3) is 4.33. The molecule has 0 radical (unpaired) electrons. The van der Waals surface area contributed by atoms with Gasteiger partial charge in [-0.3, -0.25) is 19.3 Å². The maximum atomic E-state index is 12.9. The van der Waals surface area contributed by atoms with E-state index in [0.717, 1.165) is 24.0 Å². The Bertz CT molecular complexity index is 975. The summed E-state index contributed by atoms with van der Waals surface area (Å²) in [7, 11) is 0. The van der Waals surface area contributed by atoms with E-state index >= 15 is 0 Å². The third-order valence-corrected chi connectivity index (χ3v) is 6.04. The van der Waals surface area contributed by atoms with Gasteiger partial charge in [-0.1, -0.05) is 48.0 Å². The summed E-state index contributed by atoms with van der Waals surface area (Å²) in [5.74, 6) is -0.411. The minimum absolute atomic E-state index is 0.00593. The Kier molecular flexibility index (Phi) is 5.77. The molecule has 1 saturated carbocycles. The first-order valence-corrected chi connectivity index (χ1v) is 10.5. The van der Waals surface area contributed by atoms with Crippen LogP contribution in [0.2, 0.25) is 5.02 Å². The fourth-order valence-electron chi connectivity index (χ4n) is 3.74. The number of carbonyl (C=O) groups is 3. The number of nitrogens with zero attached hydrogens (tertiary/aromatic N) is 3. The average molecular weight is 426 g/mol. The minimum Gasteiger partial charge on any atom is -0.330 e. The number of hydrogen-bond acceptors (Lipinski definition) is 3. The molecule has 1 aliphatic carbocycles. The largest absolute Gasteiger partial charge is 0.330 e. The van der Waals surface area contributed by atoms with Gasteiger partial charge in [0.25, 0.3) is 0 Å². The van der Waals surface area contributed by atoms with Crippen molar-refractivity contribution in [1.82, 2.24) is 9.80 Å². The third-order valence-electron chi connectivity index (χ3n) is 5.63. The lowest BCUT2D eigenvalue weighted by Crippen LogP contribution is -2.44. The highest BCUT2D eigenvalue weighted by Crippen LogP contribution is 2.30. The van der Waals surface area contributed by atoms with Crippen LogP contribution in [0.25, 0.3) is 0 Å². The van der Waals surface area contributed by atoms with Crippen LogP contribution >= 0.6 is 11.6 Å². The van der Waals surface area contributed by atoms with Crippen molar-refractivity contribution in [1.29, 1.82) is 0 Å². The average Bonchev–Trinajstić information content (AvgIpc) is 3.50. The molecule has 0 spiro atoms. The first-order valence-electron chi connectivity index (χ1n) is 10.1. The molecule has 2 aliphatic rings. The normalized spacial score (nSPS) is 16.1. The van der Waals surface area contributed by atoms with E-state index in [-0.39, 0.29) is 49.9 Å². The molecular formula is C23H24ClN3O3. The zero-order valence-corrected chi connectivity index (χ0v) is 17.6. The second kappa shape index (κ2) is 8.48. The molecule has 0 aromatic heterocycles. The van der Waals surface area contributed by atoms with E-state index in [1.807, 2.05) is 43.3 Å². The van der Waals surface area contributed by atoms with Crippen molar-refractivity contribution >= 4 is 35.0 Å². The molecule has 0 N–H and O–H groups in total. The van der Waals surface area contributed by atoms with Gasteiger partial charge in [-0.25, -0.2) is 0 Å². The van der Waals surface area contributed by atoms with Gasteiger partial charge in [0.2, 0.25) is 17.7 Å². The first kappa shape index (κ1) is 20.4. The fourth-order valence-corrected chi connectivity index (χ4v) is 3.91. The topological polar surface area (TPSA) is 60.9 Å². The molecule has 6 nitrogen and oxygen atoms in total. The van der Waals surface area contributed by atoms with Gasteiger partial charge in [-0.2, -0.15) is 0 Å². The van der Waals surface area contributed by atoms with E-state index in [0.29, 0.717) is 10.7 Å². The van der Waals surface area contributed by atoms with E-state index < -0.39 is 0 Å². The zero-order chi connectivity index (χ0) is 21.3. The Morgan fingerprint density at radius 3 is 2.53 bits per heavy atom. The molecule has 1 aliphatic heterocycles. The highest BCUT2D eigenvalue weighted by atomic mass is 35.5. The van der Waals surface area contributed by atoms with E-state index in [1.165, 1.54) is 4.90 Å². The molecule has 3 amide bonds. The minimum atomic E-state index is -0.209. The second-order valence-electron chi connectivity index (χ2n) is 7.85. The summed E-state index contributed by atoms with van der Waals surface area (Å²) in [5.41, 5.74) is 2.45. The van der Waals surface area contributed by atoms with Gasteiger partial charge < -0.3 is 9.80 Å². The molecule has 7 heteroatoms. The van der Waals surface area contributed by atoms with Gasteiger partial charge in [-0.05, 0) is 43.0 Å². The summed E-state index contributed by atoms with van der Waals surface area (Å²) in [5, 5.41) is 0.580. The molecule has 0 unspecified atom stereocenters. The lowest BCUT2D eigenvalue weighted by atomic mass is 10.1. The molecule has 156 valence electrons. The Hall–Kier alpha value is -2.86. The summed E-state index contributed by atoms with van der Waals surface area (Å²) < 4.78 is 0. The molecule has 0 bridgehead atoms. The van der Waals surface area contributed by atoms with Gasteiger partial charge in [0.05, 0.1) is 6.42 Å². The number of amides is 3. The first-order chi connectivity index (χ1) is 14.4. The van der Waals surface area contributed by atoms with Crippen LogP contribution in [0.1, 0.15) is 24.0 Å². The van der Waals surface area contributed by atoms with Crippen LogP contribution in [0.4, 0.5) is 5.69 Å². The number of hydrogen-bond donors (Lipinski definition) is 0.